The first-order valence-electron chi connectivity index (χ1n) is 8.01. The van der Waals surface area contributed by atoms with Crippen LogP contribution in [0.3, 0.4) is 0 Å². The Balaban J connectivity index is 2.20. The Bertz CT molecular complexity index is 700. The van der Waals surface area contributed by atoms with Crippen molar-refractivity contribution in [1.82, 2.24) is 10.2 Å². The second-order valence-corrected chi connectivity index (χ2v) is 7.43. The number of likely N-dealkylation sites (tertiary alicyclic amines) is 1. The number of carbonyl (C=O) groups excluding carboxylic acids is 2. The lowest BCUT2D eigenvalue weighted by Crippen LogP contribution is -2.43. The molecule has 1 aromatic rings. The molecule has 1 atom stereocenters. The smallest absolute Gasteiger partial charge is 0.326 e. The number of hydrogen-bond donors (Lipinski definition) is 3. The predicted octanol–water partition coefficient (Wildman–Crippen LogP) is 2.95. The average Bonchev–Trinajstić information content (AvgIpc) is 2.96. The first kappa shape index (κ1) is 19.1. The molecule has 2 rings (SSSR count). The molecule has 0 radical (unpaired) electrons. The molecule has 136 valence electrons. The van der Waals surface area contributed by atoms with Gasteiger partial charge in [-0.05, 0) is 51.8 Å². The van der Waals surface area contributed by atoms with Crippen molar-refractivity contribution in [2.24, 2.45) is 0 Å². The van der Waals surface area contributed by atoms with Crippen LogP contribution in [0.5, 0.6) is 0 Å². The zero-order valence-electron chi connectivity index (χ0n) is 14.4. The second-order valence-electron chi connectivity index (χ2n) is 7.02. The van der Waals surface area contributed by atoms with Gasteiger partial charge in [0.2, 0.25) is 0 Å². The molecule has 0 aromatic heterocycles. The van der Waals surface area contributed by atoms with Crippen LogP contribution >= 0.6 is 11.6 Å². The maximum absolute atomic E-state index is 12.7. The number of anilines is 1. The number of benzene rings is 1. The molecule has 1 aliphatic rings. The van der Waals surface area contributed by atoms with Gasteiger partial charge in [-0.3, -0.25) is 4.79 Å². The van der Waals surface area contributed by atoms with Crippen LogP contribution in [0.2, 0.25) is 5.02 Å². The Morgan fingerprint density at radius 2 is 1.96 bits per heavy atom. The fourth-order valence-corrected chi connectivity index (χ4v) is 2.89. The van der Waals surface area contributed by atoms with Crippen molar-refractivity contribution in [3.05, 3.63) is 28.8 Å². The number of carbonyl (C=O) groups is 3. The highest BCUT2D eigenvalue weighted by molar-refractivity contribution is 6.34. The summed E-state index contributed by atoms with van der Waals surface area (Å²) in [7, 11) is 0. The summed E-state index contributed by atoms with van der Waals surface area (Å²) >= 11 is 6.12. The molecule has 3 N–H and O–H groups in total. The van der Waals surface area contributed by atoms with Gasteiger partial charge in [-0.2, -0.15) is 0 Å². The maximum Gasteiger partial charge on any atom is 0.326 e. The third-order valence-electron chi connectivity index (χ3n) is 3.74. The first-order valence-corrected chi connectivity index (χ1v) is 8.39. The summed E-state index contributed by atoms with van der Waals surface area (Å²) in [4.78, 5) is 37.3. The lowest BCUT2D eigenvalue weighted by Gasteiger charge is -2.23. The number of nitrogens with one attached hydrogen (secondary N) is 2. The number of halogens is 1. The Kier molecular flexibility index (Phi) is 5.57. The monoisotopic (exact) mass is 367 g/mol. The van der Waals surface area contributed by atoms with E-state index in [1.165, 1.54) is 17.0 Å². The molecule has 1 saturated heterocycles. The first-order chi connectivity index (χ1) is 11.6. The summed E-state index contributed by atoms with van der Waals surface area (Å²) in [6.45, 7) is 5.92. The van der Waals surface area contributed by atoms with E-state index in [4.69, 9.17) is 11.6 Å². The molecule has 0 bridgehead atoms. The topological polar surface area (TPSA) is 98.7 Å². The van der Waals surface area contributed by atoms with E-state index in [0.717, 1.165) is 0 Å². The largest absolute Gasteiger partial charge is 0.480 e. The molecule has 1 aliphatic heterocycles. The Labute approximate surface area is 151 Å². The molecule has 25 heavy (non-hydrogen) atoms. The van der Waals surface area contributed by atoms with Gasteiger partial charge in [0.1, 0.15) is 6.04 Å². The van der Waals surface area contributed by atoms with Gasteiger partial charge in [0.05, 0.1) is 10.6 Å². The van der Waals surface area contributed by atoms with Crippen LogP contribution in [-0.4, -0.2) is 46.0 Å². The van der Waals surface area contributed by atoms with Gasteiger partial charge in [-0.15, -0.1) is 0 Å². The van der Waals surface area contributed by atoms with Crippen LogP contribution in [0.15, 0.2) is 18.2 Å². The highest BCUT2D eigenvalue weighted by atomic mass is 35.5. The lowest BCUT2D eigenvalue weighted by molar-refractivity contribution is -0.141. The summed E-state index contributed by atoms with van der Waals surface area (Å²) in [5.74, 6) is -1.48. The van der Waals surface area contributed by atoms with Crippen LogP contribution in [-0.2, 0) is 4.79 Å². The highest BCUT2D eigenvalue weighted by Gasteiger charge is 2.35. The standard InChI is InChI=1S/C17H22ClN3O4/c1-17(2,3)20-16(25)19-10-6-7-12(18)11(9-10)14(22)21-8-4-5-13(21)15(23)24/h6-7,9,13H,4-5,8H2,1-3H3,(H,23,24)(H2,19,20,25)/t13-/m1/s1. The number of urea groups is 1. The third kappa shape index (κ3) is 4.85. The van der Waals surface area contributed by atoms with E-state index in [0.29, 0.717) is 25.1 Å². The average molecular weight is 368 g/mol. The summed E-state index contributed by atoms with van der Waals surface area (Å²) in [5.41, 5.74) is 0.170. The third-order valence-corrected chi connectivity index (χ3v) is 4.07. The van der Waals surface area contributed by atoms with Gasteiger partial charge >= 0.3 is 12.0 Å². The van der Waals surface area contributed by atoms with E-state index in [2.05, 4.69) is 10.6 Å². The molecule has 0 aliphatic carbocycles. The minimum Gasteiger partial charge on any atom is -0.480 e. The molecule has 1 aromatic carbocycles. The molecular weight excluding hydrogens is 346 g/mol. The van der Waals surface area contributed by atoms with Crippen molar-refractivity contribution in [2.75, 3.05) is 11.9 Å². The van der Waals surface area contributed by atoms with Crippen molar-refractivity contribution in [1.29, 1.82) is 0 Å². The number of aliphatic carboxylic acids is 1. The van der Waals surface area contributed by atoms with Crippen molar-refractivity contribution in [2.45, 2.75) is 45.2 Å². The van der Waals surface area contributed by atoms with Gasteiger partial charge in [0, 0.05) is 17.8 Å². The van der Waals surface area contributed by atoms with E-state index in [1.807, 2.05) is 20.8 Å². The van der Waals surface area contributed by atoms with E-state index in [9.17, 15) is 19.5 Å². The van der Waals surface area contributed by atoms with Gasteiger partial charge in [-0.25, -0.2) is 9.59 Å². The lowest BCUT2D eigenvalue weighted by atomic mass is 10.1. The van der Waals surface area contributed by atoms with Crippen LogP contribution in [0, 0.1) is 0 Å². The van der Waals surface area contributed by atoms with E-state index in [-0.39, 0.29) is 10.6 Å². The van der Waals surface area contributed by atoms with Crippen molar-refractivity contribution < 1.29 is 19.5 Å². The molecule has 1 fully saturated rings. The number of amides is 3. The van der Waals surface area contributed by atoms with Crippen LogP contribution in [0.4, 0.5) is 10.5 Å². The number of hydrogen-bond acceptors (Lipinski definition) is 3. The molecule has 0 unspecified atom stereocenters. The zero-order valence-corrected chi connectivity index (χ0v) is 15.2. The van der Waals surface area contributed by atoms with E-state index < -0.39 is 29.5 Å². The van der Waals surface area contributed by atoms with Gasteiger partial charge in [0.15, 0.2) is 0 Å². The van der Waals surface area contributed by atoms with E-state index in [1.54, 1.807) is 6.07 Å². The Morgan fingerprint density at radius 3 is 2.56 bits per heavy atom. The van der Waals surface area contributed by atoms with Gasteiger partial charge < -0.3 is 20.6 Å². The molecule has 0 saturated carbocycles. The molecule has 7 nitrogen and oxygen atoms in total. The van der Waals surface area contributed by atoms with Crippen LogP contribution in [0.1, 0.15) is 44.0 Å². The van der Waals surface area contributed by atoms with E-state index >= 15 is 0 Å². The number of rotatable bonds is 3. The number of nitrogens with zero attached hydrogens (tertiary/aromatic N) is 1. The minimum absolute atomic E-state index is 0.170. The summed E-state index contributed by atoms with van der Waals surface area (Å²) in [6.07, 6.45) is 1.05. The molecular formula is C17H22ClN3O4. The highest BCUT2D eigenvalue weighted by Crippen LogP contribution is 2.26. The Hall–Kier alpha value is -2.28. The Morgan fingerprint density at radius 1 is 1.28 bits per heavy atom. The van der Waals surface area contributed by atoms with Crippen molar-refractivity contribution in [3.63, 3.8) is 0 Å². The minimum atomic E-state index is -1.03. The summed E-state index contributed by atoms with van der Waals surface area (Å²) in [5, 5.41) is 14.9. The summed E-state index contributed by atoms with van der Waals surface area (Å²) < 4.78 is 0. The molecule has 1 heterocycles. The summed E-state index contributed by atoms with van der Waals surface area (Å²) in [6, 6.07) is 3.31. The van der Waals surface area contributed by atoms with Crippen molar-refractivity contribution >= 4 is 35.2 Å². The van der Waals surface area contributed by atoms with Gasteiger partial charge in [0.25, 0.3) is 5.91 Å². The van der Waals surface area contributed by atoms with Crippen molar-refractivity contribution in [3.8, 4) is 0 Å². The normalized spacial score (nSPS) is 17.3. The van der Waals surface area contributed by atoms with Crippen LogP contribution < -0.4 is 10.6 Å². The molecule has 8 heteroatoms. The maximum atomic E-state index is 12.7. The fourth-order valence-electron chi connectivity index (χ4n) is 2.69. The molecule has 3 amide bonds. The zero-order chi connectivity index (χ0) is 18.8. The number of carboxylic acid groups (broad SMARTS) is 1. The SMILES string of the molecule is CC(C)(C)NC(=O)Nc1ccc(Cl)c(C(=O)N2CCC[C@@H]2C(=O)O)c1. The fraction of sp³-hybridized carbons (Fsp3) is 0.471. The van der Waals surface area contributed by atoms with Gasteiger partial charge in [-0.1, -0.05) is 11.6 Å². The second kappa shape index (κ2) is 7.31. The molecule has 0 spiro atoms. The predicted molar refractivity (Wildman–Crippen MR) is 95.1 cm³/mol. The number of carboxylic acids is 1. The quantitative estimate of drug-likeness (QED) is 0.764. The van der Waals surface area contributed by atoms with Crippen LogP contribution in [0.25, 0.3) is 0 Å².